The van der Waals surface area contributed by atoms with E-state index < -0.39 is 0 Å². The van der Waals surface area contributed by atoms with Gasteiger partial charge >= 0.3 is 0 Å². The Bertz CT molecular complexity index is 388. The third kappa shape index (κ3) is 3.83. The summed E-state index contributed by atoms with van der Waals surface area (Å²) in [5, 5.41) is 3.75. The van der Waals surface area contributed by atoms with Crippen molar-refractivity contribution in [1.29, 1.82) is 0 Å². The van der Waals surface area contributed by atoms with E-state index in [9.17, 15) is 0 Å². The summed E-state index contributed by atoms with van der Waals surface area (Å²) in [6.45, 7) is 11.6. The van der Waals surface area contributed by atoms with Crippen molar-refractivity contribution in [3.8, 4) is 0 Å². The van der Waals surface area contributed by atoms with Crippen molar-refractivity contribution in [1.82, 2.24) is 10.2 Å². The van der Waals surface area contributed by atoms with Gasteiger partial charge in [0.25, 0.3) is 0 Å². The molecule has 1 fully saturated rings. The first-order valence-electron chi connectivity index (χ1n) is 8.15. The molecule has 2 nitrogen and oxygen atoms in total. The van der Waals surface area contributed by atoms with Gasteiger partial charge in [0.2, 0.25) is 0 Å². The molecule has 0 spiro atoms. The fraction of sp³-hybridized carbons (Fsp3) is 0.667. The Morgan fingerprint density at radius 1 is 1.20 bits per heavy atom. The average Bonchev–Trinajstić information content (AvgIpc) is 2.46. The number of nitrogens with one attached hydrogen (secondary N) is 1. The topological polar surface area (TPSA) is 15.3 Å². The fourth-order valence-corrected chi connectivity index (χ4v) is 3.39. The van der Waals surface area contributed by atoms with Gasteiger partial charge in [-0.2, -0.15) is 0 Å². The minimum absolute atomic E-state index is 0.512. The van der Waals surface area contributed by atoms with Gasteiger partial charge in [-0.3, -0.25) is 4.90 Å². The smallest absolute Gasteiger partial charge is 0.0324 e. The normalized spacial score (nSPS) is 25.9. The lowest BCUT2D eigenvalue weighted by atomic mass is 9.96. The van der Waals surface area contributed by atoms with E-state index in [1.54, 1.807) is 0 Å². The van der Waals surface area contributed by atoms with Crippen LogP contribution < -0.4 is 5.32 Å². The Hall–Kier alpha value is -0.860. The molecule has 1 heterocycles. The zero-order valence-electron chi connectivity index (χ0n) is 13.5. The van der Waals surface area contributed by atoms with Crippen molar-refractivity contribution in [3.63, 3.8) is 0 Å². The van der Waals surface area contributed by atoms with Gasteiger partial charge in [-0.25, -0.2) is 0 Å². The molecule has 1 saturated heterocycles. The summed E-state index contributed by atoms with van der Waals surface area (Å²) in [6, 6.07) is 12.7. The molecule has 1 N–H and O–H groups in total. The van der Waals surface area contributed by atoms with Crippen molar-refractivity contribution in [2.75, 3.05) is 13.1 Å². The fourth-order valence-electron chi connectivity index (χ4n) is 3.39. The van der Waals surface area contributed by atoms with Crippen LogP contribution in [0.4, 0.5) is 0 Å². The summed E-state index contributed by atoms with van der Waals surface area (Å²) >= 11 is 0. The van der Waals surface area contributed by atoms with Gasteiger partial charge < -0.3 is 5.32 Å². The van der Waals surface area contributed by atoms with Crippen molar-refractivity contribution in [3.05, 3.63) is 35.9 Å². The van der Waals surface area contributed by atoms with Crippen LogP contribution in [0.2, 0.25) is 0 Å². The van der Waals surface area contributed by atoms with Gasteiger partial charge in [0.1, 0.15) is 0 Å². The zero-order chi connectivity index (χ0) is 14.5. The van der Waals surface area contributed by atoms with E-state index in [0.29, 0.717) is 18.1 Å². The van der Waals surface area contributed by atoms with E-state index in [-0.39, 0.29) is 0 Å². The van der Waals surface area contributed by atoms with Crippen LogP contribution in [0.3, 0.4) is 0 Å². The van der Waals surface area contributed by atoms with E-state index in [2.05, 4.69) is 68.2 Å². The van der Waals surface area contributed by atoms with Crippen molar-refractivity contribution < 1.29 is 0 Å². The minimum Gasteiger partial charge on any atom is -0.311 e. The molecule has 0 amide bonds. The Balaban J connectivity index is 2.08. The first kappa shape index (κ1) is 15.5. The molecule has 0 aliphatic carbocycles. The summed E-state index contributed by atoms with van der Waals surface area (Å²) in [7, 11) is 0. The SMILES string of the molecule is CCC1CNC(CC(C)C)CN1C(C)c1ccccc1. The van der Waals surface area contributed by atoms with E-state index in [4.69, 9.17) is 0 Å². The zero-order valence-corrected chi connectivity index (χ0v) is 13.5. The third-order valence-corrected chi connectivity index (χ3v) is 4.55. The molecule has 0 bridgehead atoms. The number of rotatable bonds is 5. The molecule has 0 saturated carbocycles. The highest BCUT2D eigenvalue weighted by atomic mass is 15.3. The van der Waals surface area contributed by atoms with E-state index in [1.807, 2.05) is 0 Å². The quantitative estimate of drug-likeness (QED) is 0.877. The number of hydrogen-bond acceptors (Lipinski definition) is 2. The Morgan fingerprint density at radius 3 is 2.50 bits per heavy atom. The Labute approximate surface area is 124 Å². The van der Waals surface area contributed by atoms with Gasteiger partial charge in [-0.05, 0) is 31.2 Å². The van der Waals surface area contributed by atoms with Crippen LogP contribution in [-0.2, 0) is 0 Å². The van der Waals surface area contributed by atoms with Gasteiger partial charge in [-0.15, -0.1) is 0 Å². The van der Waals surface area contributed by atoms with Gasteiger partial charge in [-0.1, -0.05) is 51.1 Å². The molecule has 1 aromatic carbocycles. The number of hydrogen-bond donors (Lipinski definition) is 1. The highest BCUT2D eigenvalue weighted by molar-refractivity contribution is 5.19. The van der Waals surface area contributed by atoms with Crippen LogP contribution in [0, 0.1) is 5.92 Å². The molecule has 0 radical (unpaired) electrons. The molecule has 0 aromatic heterocycles. The lowest BCUT2D eigenvalue weighted by Gasteiger charge is -2.44. The standard InChI is InChI=1S/C18H30N2/c1-5-18-12-19-17(11-14(2)3)13-20(18)15(4)16-9-7-6-8-10-16/h6-10,14-15,17-19H,5,11-13H2,1-4H3. The lowest BCUT2D eigenvalue weighted by molar-refractivity contribution is 0.0803. The maximum atomic E-state index is 3.75. The monoisotopic (exact) mass is 274 g/mol. The largest absolute Gasteiger partial charge is 0.311 e. The average molecular weight is 274 g/mol. The second kappa shape index (κ2) is 7.24. The number of nitrogens with zero attached hydrogens (tertiary/aromatic N) is 1. The molecule has 3 atom stereocenters. The number of piperazine rings is 1. The minimum atomic E-state index is 0.512. The molecule has 1 aromatic rings. The molecule has 1 aliphatic heterocycles. The van der Waals surface area contributed by atoms with E-state index >= 15 is 0 Å². The summed E-state index contributed by atoms with van der Waals surface area (Å²) in [6.07, 6.45) is 2.49. The lowest BCUT2D eigenvalue weighted by Crippen LogP contribution is -2.57. The van der Waals surface area contributed by atoms with Crippen LogP contribution in [0.1, 0.15) is 52.1 Å². The highest BCUT2D eigenvalue weighted by Gasteiger charge is 2.30. The number of benzene rings is 1. The Kier molecular flexibility index (Phi) is 5.62. The van der Waals surface area contributed by atoms with Crippen molar-refractivity contribution >= 4 is 0 Å². The van der Waals surface area contributed by atoms with E-state index in [1.165, 1.54) is 24.9 Å². The van der Waals surface area contributed by atoms with Crippen LogP contribution in [0.15, 0.2) is 30.3 Å². The third-order valence-electron chi connectivity index (χ3n) is 4.55. The second-order valence-electron chi connectivity index (χ2n) is 6.58. The van der Waals surface area contributed by atoms with E-state index in [0.717, 1.165) is 12.5 Å². The molecule has 112 valence electrons. The molecule has 1 aliphatic rings. The van der Waals surface area contributed by atoms with Crippen LogP contribution >= 0.6 is 0 Å². The molecular formula is C18H30N2. The Morgan fingerprint density at radius 2 is 1.90 bits per heavy atom. The predicted molar refractivity (Wildman–Crippen MR) is 86.9 cm³/mol. The molecular weight excluding hydrogens is 244 g/mol. The van der Waals surface area contributed by atoms with Crippen LogP contribution in [-0.4, -0.2) is 30.1 Å². The van der Waals surface area contributed by atoms with Gasteiger partial charge in [0.05, 0.1) is 0 Å². The van der Waals surface area contributed by atoms with Crippen molar-refractivity contribution in [2.45, 2.75) is 58.7 Å². The maximum absolute atomic E-state index is 3.75. The van der Waals surface area contributed by atoms with Gasteiger partial charge in [0, 0.05) is 31.2 Å². The molecule has 2 heteroatoms. The summed E-state index contributed by atoms with van der Waals surface area (Å²) in [5.41, 5.74) is 1.44. The maximum Gasteiger partial charge on any atom is 0.0324 e. The second-order valence-corrected chi connectivity index (χ2v) is 6.58. The van der Waals surface area contributed by atoms with Gasteiger partial charge in [0.15, 0.2) is 0 Å². The van der Waals surface area contributed by atoms with Crippen LogP contribution in [0.5, 0.6) is 0 Å². The summed E-state index contributed by atoms with van der Waals surface area (Å²) in [5.74, 6) is 0.763. The molecule has 20 heavy (non-hydrogen) atoms. The molecule has 3 unspecified atom stereocenters. The first-order chi connectivity index (χ1) is 9.61. The molecule has 2 rings (SSSR count). The van der Waals surface area contributed by atoms with Crippen molar-refractivity contribution in [2.24, 2.45) is 5.92 Å². The summed E-state index contributed by atoms with van der Waals surface area (Å²) < 4.78 is 0. The highest BCUT2D eigenvalue weighted by Crippen LogP contribution is 2.26. The first-order valence-corrected chi connectivity index (χ1v) is 8.15. The van der Waals surface area contributed by atoms with Crippen LogP contribution in [0.25, 0.3) is 0 Å². The predicted octanol–water partition coefficient (Wildman–Crippen LogP) is 3.85. The summed E-state index contributed by atoms with van der Waals surface area (Å²) in [4.78, 5) is 2.71.